The molecule has 0 saturated heterocycles. The Balaban J connectivity index is 2.03. The molecule has 1 aromatic heterocycles. The molecule has 0 aliphatic rings. The molecular weight excluding hydrogens is 292 g/mol. The molecule has 0 aliphatic carbocycles. The predicted octanol–water partition coefficient (Wildman–Crippen LogP) is 3.70. The third-order valence-electron chi connectivity index (χ3n) is 2.94. The minimum atomic E-state index is -0.445. The van der Waals surface area contributed by atoms with Crippen LogP contribution in [-0.2, 0) is 0 Å². The fourth-order valence-electron chi connectivity index (χ4n) is 1.94. The number of aromatic nitrogens is 3. The number of halogens is 1. The minimum absolute atomic E-state index is 0.0173. The molecule has 2 aromatic carbocycles. The number of nitrogens with zero attached hydrogens (tertiary/aromatic N) is 3. The van der Waals surface area contributed by atoms with Crippen molar-refractivity contribution in [1.82, 2.24) is 15.2 Å². The van der Waals surface area contributed by atoms with Crippen LogP contribution in [0.2, 0.25) is 5.02 Å². The molecule has 104 valence electrons. The van der Waals surface area contributed by atoms with Crippen molar-refractivity contribution in [3.63, 3.8) is 0 Å². The first-order valence-electron chi connectivity index (χ1n) is 6.07. The topological polar surface area (TPSA) is 84.7 Å². The van der Waals surface area contributed by atoms with Crippen LogP contribution in [0.1, 0.15) is 0 Å². The largest absolute Gasteiger partial charge is 0.280 e. The molecule has 0 aliphatic heterocycles. The summed E-state index contributed by atoms with van der Waals surface area (Å²) >= 11 is 5.83. The highest BCUT2D eigenvalue weighted by molar-refractivity contribution is 6.30. The Morgan fingerprint density at radius 1 is 1.10 bits per heavy atom. The van der Waals surface area contributed by atoms with E-state index in [1.807, 2.05) is 0 Å². The van der Waals surface area contributed by atoms with Gasteiger partial charge in [-0.1, -0.05) is 23.7 Å². The van der Waals surface area contributed by atoms with Crippen LogP contribution in [-0.4, -0.2) is 20.1 Å². The zero-order valence-electron chi connectivity index (χ0n) is 10.7. The monoisotopic (exact) mass is 300 g/mol. The van der Waals surface area contributed by atoms with E-state index < -0.39 is 4.92 Å². The van der Waals surface area contributed by atoms with Crippen LogP contribution in [0, 0.1) is 10.1 Å². The molecule has 0 radical (unpaired) electrons. The molecule has 1 N–H and O–H groups in total. The standard InChI is InChI=1S/C14H9ClN4O2/c15-10-7-5-9(6-8-10)13-16-14(18-17-13)11-3-1-2-4-12(11)19(20)21/h1-8H,(H,16,17,18). The lowest BCUT2D eigenvalue weighted by Crippen LogP contribution is -1.92. The van der Waals surface area contributed by atoms with E-state index in [9.17, 15) is 10.1 Å². The Bertz CT molecular complexity index is 799. The first kappa shape index (κ1) is 13.3. The molecule has 3 rings (SSSR count). The smallest absolute Gasteiger partial charge is 0.258 e. The zero-order chi connectivity index (χ0) is 14.8. The van der Waals surface area contributed by atoms with Gasteiger partial charge in [-0.05, 0) is 30.3 Å². The maximum absolute atomic E-state index is 11.0. The van der Waals surface area contributed by atoms with Crippen LogP contribution < -0.4 is 0 Å². The van der Waals surface area contributed by atoms with Crippen molar-refractivity contribution in [2.24, 2.45) is 0 Å². The van der Waals surface area contributed by atoms with E-state index in [-0.39, 0.29) is 5.69 Å². The van der Waals surface area contributed by atoms with Crippen LogP contribution in [0.15, 0.2) is 48.5 Å². The summed E-state index contributed by atoms with van der Waals surface area (Å²) in [5.74, 6) is 0.812. The number of nitro groups is 1. The maximum atomic E-state index is 11.0. The average molecular weight is 301 g/mol. The van der Waals surface area contributed by atoms with Crippen molar-refractivity contribution in [2.45, 2.75) is 0 Å². The average Bonchev–Trinajstić information content (AvgIpc) is 2.97. The summed E-state index contributed by atoms with van der Waals surface area (Å²) in [6.07, 6.45) is 0. The Hall–Kier alpha value is -2.73. The summed E-state index contributed by atoms with van der Waals surface area (Å²) in [5, 5.41) is 18.5. The van der Waals surface area contributed by atoms with Gasteiger partial charge in [0.25, 0.3) is 5.69 Å². The molecule has 0 amide bonds. The third kappa shape index (κ3) is 2.61. The first-order valence-corrected chi connectivity index (χ1v) is 6.45. The van der Waals surface area contributed by atoms with Gasteiger partial charge in [0, 0.05) is 16.7 Å². The molecule has 0 fully saturated rings. The van der Waals surface area contributed by atoms with E-state index in [1.54, 1.807) is 42.5 Å². The Kier molecular flexibility index (Phi) is 3.37. The lowest BCUT2D eigenvalue weighted by Gasteiger charge is -1.98. The molecular formula is C14H9ClN4O2. The number of nitrogens with one attached hydrogen (secondary N) is 1. The summed E-state index contributed by atoms with van der Waals surface area (Å²) in [6.45, 7) is 0. The van der Waals surface area contributed by atoms with Gasteiger partial charge >= 0.3 is 0 Å². The summed E-state index contributed by atoms with van der Waals surface area (Å²) < 4.78 is 0. The van der Waals surface area contributed by atoms with Gasteiger partial charge in [0.15, 0.2) is 11.6 Å². The normalized spacial score (nSPS) is 10.5. The number of H-pyrrole nitrogens is 1. The first-order chi connectivity index (χ1) is 10.1. The molecule has 0 spiro atoms. The number of hydrogen-bond acceptors (Lipinski definition) is 4. The van der Waals surface area contributed by atoms with Gasteiger partial charge < -0.3 is 0 Å². The molecule has 0 atom stereocenters. The van der Waals surface area contributed by atoms with E-state index >= 15 is 0 Å². The van der Waals surface area contributed by atoms with Gasteiger partial charge in [-0.2, -0.15) is 5.10 Å². The SMILES string of the molecule is O=[N+]([O-])c1ccccc1-c1nc(-c2ccc(Cl)cc2)n[nH]1. The second kappa shape index (κ2) is 5.34. The minimum Gasteiger partial charge on any atom is -0.258 e. The van der Waals surface area contributed by atoms with Crippen molar-refractivity contribution in [3.05, 3.63) is 63.7 Å². The van der Waals surface area contributed by atoms with Crippen LogP contribution in [0.3, 0.4) is 0 Å². The zero-order valence-corrected chi connectivity index (χ0v) is 11.4. The number of para-hydroxylation sites is 1. The van der Waals surface area contributed by atoms with Crippen molar-refractivity contribution in [3.8, 4) is 22.8 Å². The molecule has 3 aromatic rings. The van der Waals surface area contributed by atoms with E-state index in [1.165, 1.54) is 6.07 Å². The number of nitro benzene ring substituents is 1. The predicted molar refractivity (Wildman–Crippen MR) is 78.9 cm³/mol. The molecule has 7 heteroatoms. The van der Waals surface area contributed by atoms with Gasteiger partial charge in [-0.15, -0.1) is 0 Å². The number of aromatic amines is 1. The quantitative estimate of drug-likeness (QED) is 0.590. The number of benzene rings is 2. The summed E-state index contributed by atoms with van der Waals surface area (Å²) in [6, 6.07) is 13.4. The highest BCUT2D eigenvalue weighted by Gasteiger charge is 2.17. The Morgan fingerprint density at radius 3 is 2.52 bits per heavy atom. The highest BCUT2D eigenvalue weighted by atomic mass is 35.5. The maximum Gasteiger partial charge on any atom is 0.280 e. The summed E-state index contributed by atoms with van der Waals surface area (Å²) in [4.78, 5) is 14.9. The second-order valence-corrected chi connectivity index (χ2v) is 4.73. The summed E-state index contributed by atoms with van der Waals surface area (Å²) in [7, 11) is 0. The van der Waals surface area contributed by atoms with E-state index in [4.69, 9.17) is 11.6 Å². The number of rotatable bonds is 3. The third-order valence-corrected chi connectivity index (χ3v) is 3.20. The van der Waals surface area contributed by atoms with E-state index in [0.717, 1.165) is 5.56 Å². The lowest BCUT2D eigenvalue weighted by molar-refractivity contribution is -0.384. The van der Waals surface area contributed by atoms with Crippen molar-refractivity contribution < 1.29 is 4.92 Å². The molecule has 1 heterocycles. The molecule has 6 nitrogen and oxygen atoms in total. The lowest BCUT2D eigenvalue weighted by atomic mass is 10.1. The van der Waals surface area contributed by atoms with Crippen molar-refractivity contribution >= 4 is 17.3 Å². The second-order valence-electron chi connectivity index (χ2n) is 4.29. The van der Waals surface area contributed by atoms with Gasteiger partial charge in [0.05, 0.1) is 10.5 Å². The highest BCUT2D eigenvalue weighted by Crippen LogP contribution is 2.28. The van der Waals surface area contributed by atoms with Crippen LogP contribution in [0.4, 0.5) is 5.69 Å². The fraction of sp³-hybridized carbons (Fsp3) is 0. The molecule has 0 saturated carbocycles. The Labute approximate surface area is 124 Å². The van der Waals surface area contributed by atoms with Crippen LogP contribution in [0.5, 0.6) is 0 Å². The fourth-order valence-corrected chi connectivity index (χ4v) is 2.07. The van der Waals surface area contributed by atoms with Gasteiger partial charge in [-0.25, -0.2) is 4.98 Å². The van der Waals surface area contributed by atoms with Crippen LogP contribution >= 0.6 is 11.6 Å². The van der Waals surface area contributed by atoms with E-state index in [2.05, 4.69) is 15.2 Å². The van der Waals surface area contributed by atoms with Crippen molar-refractivity contribution in [2.75, 3.05) is 0 Å². The molecule has 0 bridgehead atoms. The Morgan fingerprint density at radius 2 is 1.81 bits per heavy atom. The molecule has 0 unspecified atom stereocenters. The molecule has 21 heavy (non-hydrogen) atoms. The number of hydrogen-bond donors (Lipinski definition) is 1. The van der Waals surface area contributed by atoms with E-state index in [0.29, 0.717) is 22.2 Å². The summed E-state index contributed by atoms with van der Waals surface area (Å²) in [5.41, 5.74) is 1.16. The van der Waals surface area contributed by atoms with Gasteiger partial charge in [-0.3, -0.25) is 15.2 Å². The van der Waals surface area contributed by atoms with Gasteiger partial charge in [0.1, 0.15) is 0 Å². The van der Waals surface area contributed by atoms with Crippen molar-refractivity contribution in [1.29, 1.82) is 0 Å². The van der Waals surface area contributed by atoms with Gasteiger partial charge in [0.2, 0.25) is 0 Å². The van der Waals surface area contributed by atoms with Crippen LogP contribution in [0.25, 0.3) is 22.8 Å².